The summed E-state index contributed by atoms with van der Waals surface area (Å²) < 4.78 is 43.6. The van der Waals surface area contributed by atoms with Crippen LogP contribution >= 0.6 is 0 Å². The van der Waals surface area contributed by atoms with Gasteiger partial charge in [-0.1, -0.05) is 50.6 Å². The number of halogens is 3. The van der Waals surface area contributed by atoms with E-state index < -0.39 is 12.3 Å². The van der Waals surface area contributed by atoms with Gasteiger partial charge in [-0.2, -0.15) is 0 Å². The summed E-state index contributed by atoms with van der Waals surface area (Å²) in [5.41, 5.74) is 9.01. The van der Waals surface area contributed by atoms with Gasteiger partial charge in [-0.15, -0.1) is 13.2 Å². The summed E-state index contributed by atoms with van der Waals surface area (Å²) in [6, 6.07) is 7.17. The van der Waals surface area contributed by atoms with Crippen molar-refractivity contribution < 1.29 is 27.8 Å². The van der Waals surface area contributed by atoms with Gasteiger partial charge in [0.25, 0.3) is 0 Å². The van der Waals surface area contributed by atoms with Gasteiger partial charge >= 0.3 is 12.3 Å². The molecule has 0 radical (unpaired) electrons. The van der Waals surface area contributed by atoms with E-state index in [1.807, 2.05) is 18.2 Å². The Balaban J connectivity index is 1.50. The van der Waals surface area contributed by atoms with Crippen LogP contribution in [0.3, 0.4) is 0 Å². The molecule has 0 bridgehead atoms. The van der Waals surface area contributed by atoms with Gasteiger partial charge in [-0.3, -0.25) is 4.79 Å². The Bertz CT molecular complexity index is 1310. The molecule has 2 aromatic carbocycles. The summed E-state index contributed by atoms with van der Waals surface area (Å²) in [4.78, 5) is 11.0. The number of carbonyl (C=O) groups is 1. The second-order valence-electron chi connectivity index (χ2n) is 10.9. The van der Waals surface area contributed by atoms with Gasteiger partial charge in [0.05, 0.1) is 0 Å². The molecule has 2 aliphatic rings. The average Bonchev–Trinajstić information content (AvgIpc) is 3.14. The maximum atomic E-state index is 13.1. The third-order valence-corrected chi connectivity index (χ3v) is 8.17. The smallest absolute Gasteiger partial charge is 0.481 e. The molecule has 0 heterocycles. The van der Waals surface area contributed by atoms with Gasteiger partial charge < -0.3 is 9.84 Å². The van der Waals surface area contributed by atoms with Crippen molar-refractivity contribution in [3.63, 3.8) is 0 Å². The molecule has 2 aliphatic carbocycles. The molecule has 1 saturated carbocycles. The molecule has 0 unspecified atom stereocenters. The maximum Gasteiger partial charge on any atom is 0.573 e. The van der Waals surface area contributed by atoms with Crippen LogP contribution in [0.25, 0.3) is 11.6 Å². The fourth-order valence-electron chi connectivity index (χ4n) is 5.93. The van der Waals surface area contributed by atoms with E-state index in [-0.39, 0.29) is 12.2 Å². The molecule has 0 atom stereocenters. The summed E-state index contributed by atoms with van der Waals surface area (Å²) >= 11 is 0. The lowest BCUT2D eigenvalue weighted by atomic mass is 9.67. The first-order valence-corrected chi connectivity index (χ1v) is 13.8. The molecule has 1 N–H and O–H groups in total. The lowest BCUT2D eigenvalue weighted by molar-refractivity contribution is -0.274. The number of carboxylic acids is 1. The van der Waals surface area contributed by atoms with E-state index >= 15 is 0 Å². The third-order valence-electron chi connectivity index (χ3n) is 8.17. The summed E-state index contributed by atoms with van der Waals surface area (Å²) in [7, 11) is 0. The number of aliphatic carboxylic acids is 1. The molecule has 0 aliphatic heterocycles. The number of rotatable bonds is 11. The zero-order valence-electron chi connectivity index (χ0n) is 23.0. The van der Waals surface area contributed by atoms with Crippen LogP contribution in [0, 0.1) is 19.8 Å². The van der Waals surface area contributed by atoms with Crippen molar-refractivity contribution in [2.24, 2.45) is 5.92 Å². The van der Waals surface area contributed by atoms with E-state index in [0.29, 0.717) is 24.7 Å². The van der Waals surface area contributed by atoms with Crippen molar-refractivity contribution in [3.05, 3.63) is 87.5 Å². The number of benzene rings is 2. The van der Waals surface area contributed by atoms with Crippen LogP contribution in [0.2, 0.25) is 0 Å². The summed E-state index contributed by atoms with van der Waals surface area (Å²) in [5, 5.41) is 9.02. The van der Waals surface area contributed by atoms with E-state index in [1.165, 1.54) is 23.3 Å². The molecule has 2 aromatic rings. The van der Waals surface area contributed by atoms with Crippen molar-refractivity contribution in [1.29, 1.82) is 0 Å². The predicted octanol–water partition coefficient (Wildman–Crippen LogP) is 9.11. The van der Waals surface area contributed by atoms with Crippen LogP contribution < -0.4 is 4.74 Å². The Kier molecular flexibility index (Phi) is 8.73. The summed E-state index contributed by atoms with van der Waals surface area (Å²) in [5.74, 6) is -0.241. The molecule has 6 heteroatoms. The first-order valence-electron chi connectivity index (χ1n) is 13.8. The van der Waals surface area contributed by atoms with Gasteiger partial charge in [-0.25, -0.2) is 0 Å². The molecule has 0 aromatic heterocycles. The average molecular weight is 539 g/mol. The lowest BCUT2D eigenvalue weighted by Gasteiger charge is -2.37. The highest BCUT2D eigenvalue weighted by Gasteiger charge is 2.35. The van der Waals surface area contributed by atoms with E-state index in [9.17, 15) is 18.0 Å². The minimum Gasteiger partial charge on any atom is -0.481 e. The highest BCUT2D eigenvalue weighted by Crippen LogP contribution is 2.47. The number of aryl methyl sites for hydroxylation is 1. The highest BCUT2D eigenvalue weighted by atomic mass is 19.4. The van der Waals surface area contributed by atoms with Gasteiger partial charge in [0.1, 0.15) is 5.75 Å². The number of unbranched alkanes of at least 4 members (excludes halogenated alkanes) is 2. The second-order valence-corrected chi connectivity index (χ2v) is 10.9. The van der Waals surface area contributed by atoms with E-state index in [1.54, 1.807) is 0 Å². The van der Waals surface area contributed by atoms with Crippen molar-refractivity contribution in [3.8, 4) is 5.75 Å². The standard InChI is InChI=1S/C33H37F3O3/c1-5-6-7-8-9-25-17-28-19-29(39-33(34,35)36)18-27(32(28)22(25)4)16-23-14-26(15-23)30-12-10-24(11-13-31(37)38)20(2)21(30)3/h8-10,12,17-19,23,26H,4-7,11,13-16H2,1-3H3,(H,37,38)/b9-8+. The number of hydrogen-bond donors (Lipinski definition) is 1. The monoisotopic (exact) mass is 538 g/mol. The fourth-order valence-corrected chi connectivity index (χ4v) is 5.93. The molecule has 4 rings (SSSR count). The Labute approximate surface area is 229 Å². The maximum absolute atomic E-state index is 13.1. The Hall–Kier alpha value is -3.28. The van der Waals surface area contributed by atoms with Crippen LogP contribution in [-0.4, -0.2) is 17.4 Å². The van der Waals surface area contributed by atoms with Crippen molar-refractivity contribution >= 4 is 17.6 Å². The quantitative estimate of drug-likeness (QED) is 0.290. The molecule has 39 heavy (non-hydrogen) atoms. The van der Waals surface area contributed by atoms with Crippen molar-refractivity contribution in [2.45, 2.75) is 84.4 Å². The van der Waals surface area contributed by atoms with Gasteiger partial charge in [0.2, 0.25) is 0 Å². The molecule has 0 amide bonds. The minimum atomic E-state index is -4.75. The molecule has 3 nitrogen and oxygen atoms in total. The summed E-state index contributed by atoms with van der Waals surface area (Å²) in [6.07, 6.45) is 7.65. The lowest BCUT2D eigenvalue weighted by Crippen LogP contribution is -2.25. The first kappa shape index (κ1) is 28.7. The first-order chi connectivity index (χ1) is 18.5. The zero-order chi connectivity index (χ0) is 28.3. The predicted molar refractivity (Wildman–Crippen MR) is 150 cm³/mol. The van der Waals surface area contributed by atoms with Crippen LogP contribution in [0.4, 0.5) is 13.2 Å². The molecule has 1 fully saturated rings. The normalized spacial score (nSPS) is 18.7. The van der Waals surface area contributed by atoms with Gasteiger partial charge in [0.15, 0.2) is 0 Å². The number of alkyl halides is 3. The van der Waals surface area contributed by atoms with Crippen LogP contribution in [0.5, 0.6) is 5.75 Å². The molecule has 0 spiro atoms. The molecule has 208 valence electrons. The SMILES string of the molecule is C=C1C(/C=C/CCCC)=Cc2cc(OC(F)(F)F)cc(CC3CC(c4ccc(CCC(=O)O)c(C)c4C)C3)c21. The molecule has 0 saturated heterocycles. The summed E-state index contributed by atoms with van der Waals surface area (Å²) in [6.45, 7) is 10.6. The Morgan fingerprint density at radius 1 is 1.15 bits per heavy atom. The van der Waals surface area contributed by atoms with E-state index in [0.717, 1.165) is 71.1 Å². The highest BCUT2D eigenvalue weighted by molar-refractivity contribution is 5.97. The zero-order valence-corrected chi connectivity index (χ0v) is 23.0. The number of allylic oxidation sites excluding steroid dienone is 4. The molecular weight excluding hydrogens is 501 g/mol. The Morgan fingerprint density at radius 3 is 2.56 bits per heavy atom. The van der Waals surface area contributed by atoms with Crippen LogP contribution in [0.1, 0.15) is 90.3 Å². The van der Waals surface area contributed by atoms with Crippen molar-refractivity contribution in [2.75, 3.05) is 0 Å². The second kappa shape index (κ2) is 11.8. The minimum absolute atomic E-state index is 0.114. The number of fused-ring (bicyclic) bond motifs is 1. The van der Waals surface area contributed by atoms with Gasteiger partial charge in [0, 0.05) is 6.42 Å². The van der Waals surface area contributed by atoms with Crippen LogP contribution in [-0.2, 0) is 17.6 Å². The topological polar surface area (TPSA) is 46.5 Å². The number of ether oxygens (including phenoxy) is 1. The van der Waals surface area contributed by atoms with Gasteiger partial charge in [-0.05, 0) is 126 Å². The van der Waals surface area contributed by atoms with Crippen molar-refractivity contribution in [1.82, 2.24) is 0 Å². The largest absolute Gasteiger partial charge is 0.573 e. The van der Waals surface area contributed by atoms with Crippen LogP contribution in [0.15, 0.2) is 48.6 Å². The Morgan fingerprint density at radius 2 is 1.90 bits per heavy atom. The van der Waals surface area contributed by atoms with E-state index in [2.05, 4.69) is 44.2 Å². The fraction of sp³-hybridized carbons (Fsp3) is 0.424. The van der Waals surface area contributed by atoms with E-state index in [4.69, 9.17) is 5.11 Å². The number of carboxylic acid groups (broad SMARTS) is 1. The molecular formula is C33H37F3O3. The number of hydrogen-bond acceptors (Lipinski definition) is 2. The third kappa shape index (κ3) is 6.84.